The smallest absolute Gasteiger partial charge is 0.344 e. The van der Waals surface area contributed by atoms with E-state index in [9.17, 15) is 4.79 Å². The van der Waals surface area contributed by atoms with E-state index in [-0.39, 0.29) is 0 Å². The van der Waals surface area contributed by atoms with E-state index < -0.39 is 12.1 Å². The van der Waals surface area contributed by atoms with Gasteiger partial charge in [-0.15, -0.1) is 0 Å². The summed E-state index contributed by atoms with van der Waals surface area (Å²) in [5.41, 5.74) is 0. The normalized spacial score (nSPS) is 12.5. The van der Waals surface area contributed by atoms with Gasteiger partial charge >= 0.3 is 5.97 Å². The molecule has 0 amide bonds. The van der Waals surface area contributed by atoms with Gasteiger partial charge in [0.05, 0.1) is 0 Å². The Hall–Kier alpha value is -1.22. The molecule has 1 atom stereocenters. The summed E-state index contributed by atoms with van der Waals surface area (Å²) < 4.78 is 5.42. The van der Waals surface area contributed by atoms with E-state index in [1.165, 1.54) is 0 Å². The van der Waals surface area contributed by atoms with Gasteiger partial charge in [0.25, 0.3) is 0 Å². The molecule has 1 aromatic rings. The predicted octanol–water partition coefficient (Wildman–Crippen LogP) is 3.61. The first kappa shape index (κ1) is 13.8. The summed E-state index contributed by atoms with van der Waals surface area (Å²) in [5.74, 6) is 0.0665. The molecule has 3 nitrogen and oxygen atoms in total. The van der Waals surface area contributed by atoms with Gasteiger partial charge in [-0.2, -0.15) is 0 Å². The fraction of sp³-hybridized carbons (Fsp3) is 0.462. The van der Waals surface area contributed by atoms with E-state index in [1.807, 2.05) is 0 Å². The Morgan fingerprint density at radius 2 is 1.88 bits per heavy atom. The fourth-order valence-electron chi connectivity index (χ4n) is 1.39. The number of hydrogen-bond donors (Lipinski definition) is 1. The van der Waals surface area contributed by atoms with Gasteiger partial charge in [0.1, 0.15) is 5.75 Å². The molecule has 1 aromatic carbocycles. The van der Waals surface area contributed by atoms with Gasteiger partial charge < -0.3 is 9.84 Å². The first-order valence-corrected chi connectivity index (χ1v) is 6.02. The molecular formula is C13H17ClO3. The summed E-state index contributed by atoms with van der Waals surface area (Å²) in [6, 6.07) is 6.71. The highest BCUT2D eigenvalue weighted by Crippen LogP contribution is 2.19. The fourth-order valence-corrected chi connectivity index (χ4v) is 1.52. The summed E-state index contributed by atoms with van der Waals surface area (Å²) in [6.07, 6.45) is 0.541. The van der Waals surface area contributed by atoms with Crippen molar-refractivity contribution in [3.05, 3.63) is 29.3 Å². The van der Waals surface area contributed by atoms with Crippen LogP contribution in [0.5, 0.6) is 5.75 Å². The van der Waals surface area contributed by atoms with E-state index in [1.54, 1.807) is 24.3 Å². The molecule has 0 saturated carbocycles. The van der Waals surface area contributed by atoms with Crippen LogP contribution in [0.1, 0.15) is 26.7 Å². The summed E-state index contributed by atoms with van der Waals surface area (Å²) >= 11 is 5.74. The lowest BCUT2D eigenvalue weighted by molar-refractivity contribution is -0.145. The number of hydrogen-bond acceptors (Lipinski definition) is 2. The van der Waals surface area contributed by atoms with Crippen LogP contribution >= 0.6 is 11.6 Å². The summed E-state index contributed by atoms with van der Waals surface area (Å²) in [6.45, 7) is 4.11. The lowest BCUT2D eigenvalue weighted by Gasteiger charge is -2.16. The van der Waals surface area contributed by atoms with Gasteiger partial charge in [0, 0.05) is 5.02 Å². The maximum atomic E-state index is 11.0. The third-order valence-corrected chi connectivity index (χ3v) is 2.63. The van der Waals surface area contributed by atoms with Crippen LogP contribution in [0.15, 0.2) is 24.3 Å². The van der Waals surface area contributed by atoms with Crippen molar-refractivity contribution in [3.63, 3.8) is 0 Å². The zero-order chi connectivity index (χ0) is 12.8. The molecule has 0 aromatic heterocycles. The van der Waals surface area contributed by atoms with Crippen LogP contribution in [-0.4, -0.2) is 17.2 Å². The largest absolute Gasteiger partial charge is 0.479 e. The summed E-state index contributed by atoms with van der Waals surface area (Å²) in [5, 5.41) is 9.65. The molecule has 0 spiro atoms. The van der Waals surface area contributed by atoms with Crippen LogP contribution in [0.4, 0.5) is 0 Å². The molecule has 1 N–H and O–H groups in total. The number of carboxylic acid groups (broad SMARTS) is 1. The van der Waals surface area contributed by atoms with E-state index in [4.69, 9.17) is 21.4 Å². The third kappa shape index (κ3) is 5.09. The summed E-state index contributed by atoms with van der Waals surface area (Å²) in [7, 11) is 0. The van der Waals surface area contributed by atoms with Gasteiger partial charge in [-0.3, -0.25) is 0 Å². The maximum absolute atomic E-state index is 11.0. The molecule has 4 heteroatoms. The number of halogens is 1. The second kappa shape index (κ2) is 6.50. The van der Waals surface area contributed by atoms with Crippen LogP contribution in [0.2, 0.25) is 5.02 Å². The van der Waals surface area contributed by atoms with Crippen LogP contribution in [0.3, 0.4) is 0 Å². The average Bonchev–Trinajstić information content (AvgIpc) is 2.26. The topological polar surface area (TPSA) is 46.5 Å². The second-order valence-corrected chi connectivity index (χ2v) is 4.81. The predicted molar refractivity (Wildman–Crippen MR) is 67.6 cm³/mol. The van der Waals surface area contributed by atoms with Crippen molar-refractivity contribution < 1.29 is 14.6 Å². The van der Waals surface area contributed by atoms with Crippen LogP contribution in [0, 0.1) is 5.92 Å². The Morgan fingerprint density at radius 1 is 1.29 bits per heavy atom. The Labute approximate surface area is 106 Å². The molecule has 0 radical (unpaired) electrons. The highest BCUT2D eigenvalue weighted by molar-refractivity contribution is 6.30. The standard InChI is InChI=1S/C13H17ClO3/c1-9(2)3-8-12(13(15)16)17-11-6-4-10(14)5-7-11/h4-7,9,12H,3,8H2,1-2H3,(H,15,16)/t12-/m0/s1. The second-order valence-electron chi connectivity index (χ2n) is 4.37. The van der Waals surface area contributed by atoms with Crippen LogP contribution < -0.4 is 4.74 Å². The first-order chi connectivity index (χ1) is 7.99. The number of aliphatic carboxylic acids is 1. The Kier molecular flexibility index (Phi) is 5.29. The number of benzene rings is 1. The Bertz CT molecular complexity index is 359. The quantitative estimate of drug-likeness (QED) is 0.846. The molecule has 0 aliphatic carbocycles. The lowest BCUT2D eigenvalue weighted by Crippen LogP contribution is -2.27. The van der Waals surface area contributed by atoms with Gasteiger partial charge in [-0.05, 0) is 43.0 Å². The van der Waals surface area contributed by atoms with E-state index >= 15 is 0 Å². The zero-order valence-electron chi connectivity index (χ0n) is 10.0. The Balaban J connectivity index is 2.60. The number of carbonyl (C=O) groups is 1. The lowest BCUT2D eigenvalue weighted by atomic mass is 10.1. The third-order valence-electron chi connectivity index (χ3n) is 2.37. The zero-order valence-corrected chi connectivity index (χ0v) is 10.8. The van der Waals surface area contributed by atoms with Crippen molar-refractivity contribution in [1.29, 1.82) is 0 Å². The first-order valence-electron chi connectivity index (χ1n) is 5.64. The molecule has 94 valence electrons. The highest BCUT2D eigenvalue weighted by atomic mass is 35.5. The van der Waals surface area contributed by atoms with E-state index in [0.717, 1.165) is 6.42 Å². The molecule has 0 fully saturated rings. The number of ether oxygens (including phenoxy) is 1. The molecule has 0 bridgehead atoms. The molecular weight excluding hydrogens is 240 g/mol. The van der Waals surface area contributed by atoms with Crippen molar-refractivity contribution in [2.24, 2.45) is 5.92 Å². The molecule has 0 aliphatic heterocycles. The van der Waals surface area contributed by atoms with Crippen molar-refractivity contribution in [1.82, 2.24) is 0 Å². The summed E-state index contributed by atoms with van der Waals surface area (Å²) in [4.78, 5) is 11.0. The van der Waals surface area contributed by atoms with Crippen molar-refractivity contribution in [3.8, 4) is 5.75 Å². The van der Waals surface area contributed by atoms with Crippen molar-refractivity contribution in [2.45, 2.75) is 32.8 Å². The molecule has 17 heavy (non-hydrogen) atoms. The average molecular weight is 257 g/mol. The van der Waals surface area contributed by atoms with Crippen LogP contribution in [0.25, 0.3) is 0 Å². The monoisotopic (exact) mass is 256 g/mol. The molecule has 0 unspecified atom stereocenters. The minimum Gasteiger partial charge on any atom is -0.479 e. The highest BCUT2D eigenvalue weighted by Gasteiger charge is 2.19. The van der Waals surface area contributed by atoms with Gasteiger partial charge in [0.2, 0.25) is 0 Å². The number of rotatable bonds is 6. The Morgan fingerprint density at radius 3 is 2.35 bits per heavy atom. The van der Waals surface area contributed by atoms with Crippen molar-refractivity contribution in [2.75, 3.05) is 0 Å². The van der Waals surface area contributed by atoms with Gasteiger partial charge in [0.15, 0.2) is 6.10 Å². The number of carboxylic acids is 1. The minimum absolute atomic E-state index is 0.464. The van der Waals surface area contributed by atoms with Gasteiger partial charge in [-0.25, -0.2) is 4.79 Å². The molecule has 1 rings (SSSR count). The molecule has 0 aliphatic rings. The minimum atomic E-state index is -0.930. The molecule has 0 heterocycles. The maximum Gasteiger partial charge on any atom is 0.344 e. The van der Waals surface area contributed by atoms with Crippen molar-refractivity contribution >= 4 is 17.6 Å². The van der Waals surface area contributed by atoms with Crippen LogP contribution in [-0.2, 0) is 4.79 Å². The van der Waals surface area contributed by atoms with E-state index in [0.29, 0.717) is 23.1 Å². The SMILES string of the molecule is CC(C)CC[C@H](Oc1ccc(Cl)cc1)C(=O)O. The van der Waals surface area contributed by atoms with E-state index in [2.05, 4.69) is 13.8 Å². The van der Waals surface area contributed by atoms with Gasteiger partial charge in [-0.1, -0.05) is 25.4 Å². The molecule has 0 saturated heterocycles.